The van der Waals surface area contributed by atoms with Gasteiger partial charge in [-0.2, -0.15) is 20.1 Å². The number of nitrogens with one attached hydrogen (secondary N) is 1. The van der Waals surface area contributed by atoms with E-state index in [1.165, 1.54) is 4.68 Å². The zero-order chi connectivity index (χ0) is 18.8. The zero-order valence-corrected chi connectivity index (χ0v) is 14.6. The first-order valence-corrected chi connectivity index (χ1v) is 7.86. The molecule has 0 radical (unpaired) electrons. The minimum absolute atomic E-state index is 0.00899. The first-order chi connectivity index (χ1) is 12.3. The molecule has 0 amide bonds. The molecule has 0 saturated carbocycles. The van der Waals surface area contributed by atoms with Crippen LogP contribution in [0, 0.1) is 30.9 Å². The topological polar surface area (TPSA) is 138 Å². The van der Waals surface area contributed by atoms with Crippen LogP contribution in [0.1, 0.15) is 22.8 Å². The predicted molar refractivity (Wildman–Crippen MR) is 96.2 cm³/mol. The molecule has 0 fully saturated rings. The average molecular weight is 354 g/mol. The van der Waals surface area contributed by atoms with Gasteiger partial charge in [0.05, 0.1) is 4.92 Å². The lowest BCUT2D eigenvalue weighted by molar-refractivity contribution is -0.386. The van der Waals surface area contributed by atoms with Gasteiger partial charge in [-0.25, -0.2) is 0 Å². The van der Waals surface area contributed by atoms with Crippen molar-refractivity contribution in [3.05, 3.63) is 57.2 Å². The summed E-state index contributed by atoms with van der Waals surface area (Å²) >= 11 is 0. The molecule has 10 heteroatoms. The number of nitrogens with two attached hydrogens (primary N) is 1. The van der Waals surface area contributed by atoms with Gasteiger partial charge in [0.1, 0.15) is 17.9 Å². The fourth-order valence-electron chi connectivity index (χ4n) is 2.64. The minimum atomic E-state index is -0.443. The lowest BCUT2D eigenvalue weighted by Gasteiger charge is -2.09. The standard InChI is InChI=1S/C16H18N8O2/c1-9-6-4-5-7-12(9)18-16-20-13(19-15(17)21-16)8-23-11(3)14(24(25)26)10(2)22-23/h4-7H,8H2,1-3H3,(H3,17,18,19,20,21). The largest absolute Gasteiger partial charge is 0.368 e. The Balaban J connectivity index is 1.90. The second-order valence-corrected chi connectivity index (χ2v) is 5.81. The van der Waals surface area contributed by atoms with E-state index in [1.807, 2.05) is 31.2 Å². The van der Waals surface area contributed by atoms with E-state index in [-0.39, 0.29) is 18.2 Å². The van der Waals surface area contributed by atoms with Crippen molar-refractivity contribution in [3.8, 4) is 0 Å². The van der Waals surface area contributed by atoms with Crippen molar-refractivity contribution in [2.24, 2.45) is 0 Å². The lowest BCUT2D eigenvalue weighted by atomic mass is 10.2. The smallest absolute Gasteiger partial charge is 0.312 e. The van der Waals surface area contributed by atoms with Gasteiger partial charge in [0.15, 0.2) is 5.82 Å². The predicted octanol–water partition coefficient (Wildman–Crippen LogP) is 2.28. The summed E-state index contributed by atoms with van der Waals surface area (Å²) in [4.78, 5) is 23.2. The molecule has 134 valence electrons. The quantitative estimate of drug-likeness (QED) is 0.525. The number of hydrogen-bond donors (Lipinski definition) is 2. The van der Waals surface area contributed by atoms with Crippen molar-refractivity contribution in [2.75, 3.05) is 11.1 Å². The molecule has 3 N–H and O–H groups in total. The fourth-order valence-corrected chi connectivity index (χ4v) is 2.64. The summed E-state index contributed by atoms with van der Waals surface area (Å²) in [6, 6.07) is 7.70. The van der Waals surface area contributed by atoms with Crippen molar-refractivity contribution < 1.29 is 4.92 Å². The molecule has 0 aliphatic carbocycles. The van der Waals surface area contributed by atoms with E-state index >= 15 is 0 Å². The van der Waals surface area contributed by atoms with Crippen LogP contribution < -0.4 is 11.1 Å². The summed E-state index contributed by atoms with van der Waals surface area (Å²) in [7, 11) is 0. The highest BCUT2D eigenvalue weighted by Gasteiger charge is 2.22. The second kappa shape index (κ2) is 6.75. The van der Waals surface area contributed by atoms with Gasteiger partial charge in [0.2, 0.25) is 11.9 Å². The molecular formula is C16H18N8O2. The van der Waals surface area contributed by atoms with Gasteiger partial charge in [-0.05, 0) is 32.4 Å². The number of hydrogen-bond acceptors (Lipinski definition) is 8. The number of nitrogen functional groups attached to an aromatic ring is 1. The molecule has 2 heterocycles. The van der Waals surface area contributed by atoms with Gasteiger partial charge in [0.25, 0.3) is 0 Å². The van der Waals surface area contributed by atoms with Gasteiger partial charge in [-0.1, -0.05) is 18.2 Å². The summed E-state index contributed by atoms with van der Waals surface area (Å²) in [6.07, 6.45) is 0. The maximum absolute atomic E-state index is 11.1. The Labute approximate surface area is 149 Å². The van der Waals surface area contributed by atoms with Crippen molar-refractivity contribution in [3.63, 3.8) is 0 Å². The van der Waals surface area contributed by atoms with Crippen molar-refractivity contribution in [1.29, 1.82) is 0 Å². The number of nitrogens with zero attached hydrogens (tertiary/aromatic N) is 6. The Morgan fingerprint density at radius 1 is 1.19 bits per heavy atom. The van der Waals surface area contributed by atoms with Gasteiger partial charge in [-0.3, -0.25) is 14.8 Å². The van der Waals surface area contributed by atoms with E-state index in [0.717, 1.165) is 11.3 Å². The highest BCUT2D eigenvalue weighted by atomic mass is 16.6. The minimum Gasteiger partial charge on any atom is -0.368 e. The molecule has 3 aromatic rings. The van der Waals surface area contributed by atoms with Gasteiger partial charge >= 0.3 is 5.69 Å². The molecule has 10 nitrogen and oxygen atoms in total. The number of rotatable bonds is 5. The van der Waals surface area contributed by atoms with Crippen LogP contribution in [-0.4, -0.2) is 29.7 Å². The monoisotopic (exact) mass is 354 g/mol. The van der Waals surface area contributed by atoms with Crippen molar-refractivity contribution >= 4 is 23.3 Å². The highest BCUT2D eigenvalue weighted by Crippen LogP contribution is 2.22. The molecule has 26 heavy (non-hydrogen) atoms. The fraction of sp³-hybridized carbons (Fsp3) is 0.250. The Morgan fingerprint density at radius 2 is 1.92 bits per heavy atom. The number of para-hydroxylation sites is 1. The molecule has 0 aliphatic heterocycles. The molecule has 2 aromatic heterocycles. The van der Waals surface area contributed by atoms with E-state index < -0.39 is 4.92 Å². The van der Waals surface area contributed by atoms with E-state index in [0.29, 0.717) is 23.2 Å². The van der Waals surface area contributed by atoms with Crippen molar-refractivity contribution in [2.45, 2.75) is 27.3 Å². The Bertz CT molecular complexity index is 982. The summed E-state index contributed by atoms with van der Waals surface area (Å²) in [6.45, 7) is 5.34. The van der Waals surface area contributed by atoms with Crippen molar-refractivity contribution in [1.82, 2.24) is 24.7 Å². The number of aryl methyl sites for hydroxylation is 2. The highest BCUT2D eigenvalue weighted by molar-refractivity contribution is 5.58. The van der Waals surface area contributed by atoms with Crippen LogP contribution in [0.5, 0.6) is 0 Å². The molecule has 0 saturated heterocycles. The molecule has 0 atom stereocenters. The van der Waals surface area contributed by atoms with Crippen LogP contribution >= 0.6 is 0 Å². The first kappa shape index (κ1) is 17.3. The van der Waals surface area contributed by atoms with E-state index in [2.05, 4.69) is 25.4 Å². The van der Waals surface area contributed by atoms with E-state index in [4.69, 9.17) is 5.73 Å². The van der Waals surface area contributed by atoms with Crippen LogP contribution in [0.2, 0.25) is 0 Å². The molecule has 3 rings (SSSR count). The van der Waals surface area contributed by atoms with E-state index in [9.17, 15) is 10.1 Å². The Morgan fingerprint density at radius 3 is 2.58 bits per heavy atom. The molecule has 0 unspecified atom stereocenters. The molecule has 0 aliphatic rings. The van der Waals surface area contributed by atoms with Crippen LogP contribution in [0.15, 0.2) is 24.3 Å². The number of aromatic nitrogens is 5. The average Bonchev–Trinajstić information content (AvgIpc) is 2.83. The summed E-state index contributed by atoms with van der Waals surface area (Å²) < 4.78 is 1.49. The third-order valence-corrected chi connectivity index (χ3v) is 3.91. The SMILES string of the molecule is Cc1ccccc1Nc1nc(N)nc(Cn2nc(C)c([N+](=O)[O-])c2C)n1. The van der Waals surface area contributed by atoms with E-state index in [1.54, 1.807) is 13.8 Å². The molecule has 1 aromatic carbocycles. The third kappa shape index (κ3) is 3.43. The third-order valence-electron chi connectivity index (χ3n) is 3.91. The van der Waals surface area contributed by atoms with Crippen LogP contribution in [0.25, 0.3) is 0 Å². The van der Waals surface area contributed by atoms with Crippen LogP contribution in [0.4, 0.5) is 23.3 Å². The second-order valence-electron chi connectivity index (χ2n) is 5.81. The number of nitro groups is 1. The van der Waals surface area contributed by atoms with Gasteiger partial charge in [-0.15, -0.1) is 0 Å². The van der Waals surface area contributed by atoms with Gasteiger partial charge < -0.3 is 11.1 Å². The molecule has 0 bridgehead atoms. The number of benzene rings is 1. The molecular weight excluding hydrogens is 336 g/mol. The summed E-state index contributed by atoms with van der Waals surface area (Å²) in [5.74, 6) is 0.717. The number of anilines is 3. The van der Waals surface area contributed by atoms with Crippen LogP contribution in [0.3, 0.4) is 0 Å². The lowest BCUT2D eigenvalue weighted by Crippen LogP contribution is -2.12. The Kier molecular flexibility index (Phi) is 4.48. The maximum Gasteiger partial charge on any atom is 0.312 e. The summed E-state index contributed by atoms with van der Waals surface area (Å²) in [5, 5.41) is 18.4. The van der Waals surface area contributed by atoms with Crippen LogP contribution in [-0.2, 0) is 6.54 Å². The maximum atomic E-state index is 11.1. The Hall–Kier alpha value is -3.56. The first-order valence-electron chi connectivity index (χ1n) is 7.86. The zero-order valence-electron chi connectivity index (χ0n) is 14.6. The summed E-state index contributed by atoms with van der Waals surface area (Å²) in [5.41, 5.74) is 8.43. The van der Waals surface area contributed by atoms with Gasteiger partial charge in [0, 0.05) is 5.69 Å². The molecule has 0 spiro atoms. The normalized spacial score (nSPS) is 10.7.